The molecule has 1 rings (SSSR count). The first-order valence-electron chi connectivity index (χ1n) is 4.05. The minimum absolute atomic E-state index is 0. The SMILES string of the molecule is CCc1ccc[n+](CCN)c1.[Br-]. The second-order valence-electron chi connectivity index (χ2n) is 2.59. The minimum Gasteiger partial charge on any atom is -1.00 e. The van der Waals surface area contributed by atoms with Gasteiger partial charge in [-0.05, 0) is 12.5 Å². The van der Waals surface area contributed by atoms with Gasteiger partial charge in [-0.25, -0.2) is 4.57 Å². The van der Waals surface area contributed by atoms with Gasteiger partial charge in [-0.2, -0.15) is 0 Å². The zero-order valence-electron chi connectivity index (χ0n) is 7.33. The predicted molar refractivity (Wildman–Crippen MR) is 45.1 cm³/mol. The average Bonchev–Trinajstić information content (AvgIpc) is 2.06. The molecule has 2 N–H and O–H groups in total. The highest BCUT2D eigenvalue weighted by molar-refractivity contribution is 5.04. The molecule has 0 amide bonds. The lowest BCUT2D eigenvalue weighted by Crippen LogP contribution is -3.00. The lowest BCUT2D eigenvalue weighted by atomic mass is 10.2. The fraction of sp³-hybridized carbons (Fsp3) is 0.444. The highest BCUT2D eigenvalue weighted by Crippen LogP contribution is 1.93. The Bertz CT molecular complexity index is 226. The molecule has 0 saturated carbocycles. The molecule has 1 heterocycles. The van der Waals surface area contributed by atoms with E-state index < -0.39 is 0 Å². The molecule has 0 aliphatic carbocycles. The minimum atomic E-state index is 0. The van der Waals surface area contributed by atoms with Crippen LogP contribution in [0.1, 0.15) is 12.5 Å². The van der Waals surface area contributed by atoms with Crippen molar-refractivity contribution in [2.45, 2.75) is 19.9 Å². The summed E-state index contributed by atoms with van der Waals surface area (Å²) in [7, 11) is 0. The largest absolute Gasteiger partial charge is 1.00 e. The molecule has 1 aromatic rings. The molecule has 0 aliphatic heterocycles. The van der Waals surface area contributed by atoms with Gasteiger partial charge in [0.2, 0.25) is 0 Å². The number of aromatic nitrogens is 1. The summed E-state index contributed by atoms with van der Waals surface area (Å²) >= 11 is 0. The maximum Gasteiger partial charge on any atom is 0.172 e. The maximum absolute atomic E-state index is 5.43. The monoisotopic (exact) mass is 230 g/mol. The Balaban J connectivity index is 0.00000121. The van der Waals surface area contributed by atoms with E-state index in [1.54, 1.807) is 0 Å². The second-order valence-corrected chi connectivity index (χ2v) is 2.59. The summed E-state index contributed by atoms with van der Waals surface area (Å²) in [5, 5.41) is 0. The van der Waals surface area contributed by atoms with Crippen molar-refractivity contribution in [1.82, 2.24) is 0 Å². The van der Waals surface area contributed by atoms with Crippen LogP contribution in [0, 0.1) is 0 Å². The molecular weight excluding hydrogens is 216 g/mol. The second kappa shape index (κ2) is 6.14. The van der Waals surface area contributed by atoms with Crippen molar-refractivity contribution in [3.8, 4) is 0 Å². The molecule has 0 aromatic carbocycles. The molecule has 0 aliphatic rings. The van der Waals surface area contributed by atoms with Crippen LogP contribution in [0.5, 0.6) is 0 Å². The number of aryl methyl sites for hydroxylation is 1. The van der Waals surface area contributed by atoms with Crippen molar-refractivity contribution in [2.24, 2.45) is 5.73 Å². The number of rotatable bonds is 3. The molecule has 12 heavy (non-hydrogen) atoms. The zero-order valence-corrected chi connectivity index (χ0v) is 8.92. The van der Waals surface area contributed by atoms with Crippen LogP contribution in [0.15, 0.2) is 24.5 Å². The average molecular weight is 231 g/mol. The van der Waals surface area contributed by atoms with Gasteiger partial charge < -0.3 is 22.7 Å². The van der Waals surface area contributed by atoms with Gasteiger partial charge in [0.25, 0.3) is 0 Å². The van der Waals surface area contributed by atoms with E-state index >= 15 is 0 Å². The number of nitrogens with two attached hydrogens (primary N) is 1. The number of nitrogens with zero attached hydrogens (tertiary/aromatic N) is 1. The predicted octanol–water partition coefficient (Wildman–Crippen LogP) is -2.50. The Labute approximate surface area is 84.2 Å². The zero-order chi connectivity index (χ0) is 8.10. The van der Waals surface area contributed by atoms with Crippen LogP contribution >= 0.6 is 0 Å². The highest BCUT2D eigenvalue weighted by atomic mass is 79.9. The van der Waals surface area contributed by atoms with E-state index in [1.807, 2.05) is 6.20 Å². The van der Waals surface area contributed by atoms with Gasteiger partial charge in [-0.1, -0.05) is 6.92 Å². The lowest BCUT2D eigenvalue weighted by molar-refractivity contribution is -0.694. The summed E-state index contributed by atoms with van der Waals surface area (Å²) in [6.07, 6.45) is 5.28. The molecular formula is C9H15BrN2. The Hall–Kier alpha value is -0.410. The molecule has 0 saturated heterocycles. The van der Waals surface area contributed by atoms with Crippen LogP contribution in [-0.2, 0) is 13.0 Å². The van der Waals surface area contributed by atoms with Crippen molar-refractivity contribution in [1.29, 1.82) is 0 Å². The van der Waals surface area contributed by atoms with E-state index in [0.717, 1.165) is 13.0 Å². The van der Waals surface area contributed by atoms with E-state index in [0.29, 0.717) is 6.54 Å². The van der Waals surface area contributed by atoms with Crippen molar-refractivity contribution in [3.05, 3.63) is 30.1 Å². The quantitative estimate of drug-likeness (QED) is 0.573. The standard InChI is InChI=1S/C9H15N2.BrH/c1-2-9-4-3-6-11(8-9)7-5-10;/h3-4,6,8H,2,5,7,10H2,1H3;1H/q+1;/p-1. The van der Waals surface area contributed by atoms with E-state index in [-0.39, 0.29) is 17.0 Å². The van der Waals surface area contributed by atoms with Crippen LogP contribution in [0.3, 0.4) is 0 Å². The molecule has 68 valence electrons. The molecule has 0 fully saturated rings. The fourth-order valence-corrected chi connectivity index (χ4v) is 1.07. The Morgan fingerprint density at radius 1 is 1.50 bits per heavy atom. The first kappa shape index (κ1) is 11.6. The van der Waals surface area contributed by atoms with Gasteiger partial charge >= 0.3 is 0 Å². The molecule has 3 heteroatoms. The molecule has 0 unspecified atom stereocenters. The summed E-state index contributed by atoms with van der Waals surface area (Å²) in [5.41, 5.74) is 6.79. The summed E-state index contributed by atoms with van der Waals surface area (Å²) in [6, 6.07) is 4.20. The normalized spacial score (nSPS) is 9.17. The molecule has 0 spiro atoms. The van der Waals surface area contributed by atoms with Crippen LogP contribution in [0.2, 0.25) is 0 Å². The molecule has 0 bridgehead atoms. The third kappa shape index (κ3) is 3.32. The fourth-order valence-electron chi connectivity index (χ4n) is 1.07. The van der Waals surface area contributed by atoms with E-state index in [4.69, 9.17) is 5.73 Å². The van der Waals surface area contributed by atoms with E-state index in [2.05, 4.69) is 29.8 Å². The van der Waals surface area contributed by atoms with E-state index in [9.17, 15) is 0 Å². The summed E-state index contributed by atoms with van der Waals surface area (Å²) < 4.78 is 2.12. The highest BCUT2D eigenvalue weighted by Gasteiger charge is 1.98. The van der Waals surface area contributed by atoms with Crippen LogP contribution in [0.25, 0.3) is 0 Å². The van der Waals surface area contributed by atoms with Crippen molar-refractivity contribution in [2.75, 3.05) is 6.54 Å². The van der Waals surface area contributed by atoms with Gasteiger partial charge in [-0.15, -0.1) is 0 Å². The molecule has 0 radical (unpaired) electrons. The van der Waals surface area contributed by atoms with E-state index in [1.165, 1.54) is 5.56 Å². The number of pyridine rings is 1. The Morgan fingerprint density at radius 3 is 2.83 bits per heavy atom. The maximum atomic E-state index is 5.43. The molecule has 1 aromatic heterocycles. The molecule has 0 atom stereocenters. The van der Waals surface area contributed by atoms with Gasteiger partial charge in [0, 0.05) is 11.6 Å². The number of halogens is 1. The topological polar surface area (TPSA) is 29.9 Å². The Kier molecular flexibility index (Phi) is 5.93. The lowest BCUT2D eigenvalue weighted by Gasteiger charge is -1.95. The van der Waals surface area contributed by atoms with Crippen LogP contribution in [0.4, 0.5) is 0 Å². The van der Waals surface area contributed by atoms with Gasteiger partial charge in [0.1, 0.15) is 0 Å². The smallest absolute Gasteiger partial charge is 0.172 e. The number of hydrogen-bond donors (Lipinski definition) is 1. The third-order valence-electron chi connectivity index (χ3n) is 1.72. The van der Waals surface area contributed by atoms with Crippen molar-refractivity contribution < 1.29 is 21.5 Å². The van der Waals surface area contributed by atoms with Crippen molar-refractivity contribution >= 4 is 0 Å². The summed E-state index contributed by atoms with van der Waals surface area (Å²) in [4.78, 5) is 0. The third-order valence-corrected chi connectivity index (χ3v) is 1.72. The summed E-state index contributed by atoms with van der Waals surface area (Å²) in [5.74, 6) is 0. The van der Waals surface area contributed by atoms with Gasteiger partial charge in [-0.3, -0.25) is 0 Å². The van der Waals surface area contributed by atoms with Gasteiger partial charge in [0.15, 0.2) is 18.9 Å². The first-order valence-corrected chi connectivity index (χ1v) is 4.05. The van der Waals surface area contributed by atoms with Crippen LogP contribution < -0.4 is 27.3 Å². The van der Waals surface area contributed by atoms with Crippen LogP contribution in [-0.4, -0.2) is 6.54 Å². The first-order chi connectivity index (χ1) is 5.36. The van der Waals surface area contributed by atoms with Gasteiger partial charge in [0.05, 0.1) is 6.54 Å². The number of hydrogen-bond acceptors (Lipinski definition) is 1. The molecule has 2 nitrogen and oxygen atoms in total. The summed E-state index contributed by atoms with van der Waals surface area (Å²) in [6.45, 7) is 3.77. The Morgan fingerprint density at radius 2 is 2.25 bits per heavy atom. The van der Waals surface area contributed by atoms with Crippen molar-refractivity contribution in [3.63, 3.8) is 0 Å².